The van der Waals surface area contributed by atoms with Gasteiger partial charge in [-0.2, -0.15) is 0 Å². The minimum atomic E-state index is -1.22. The molecule has 1 heterocycles. The molecule has 0 aliphatic carbocycles. The average Bonchev–Trinajstić information content (AvgIpc) is 2.83. The zero-order chi connectivity index (χ0) is 16.1. The molecule has 0 bridgehead atoms. The van der Waals surface area contributed by atoms with E-state index < -0.39 is 17.8 Å². The molecule has 1 amide bonds. The molecule has 0 fully saturated rings. The number of ether oxygens (including phenoxy) is 1. The van der Waals surface area contributed by atoms with Crippen molar-refractivity contribution in [3.63, 3.8) is 0 Å². The Morgan fingerprint density at radius 3 is 2.68 bits per heavy atom. The molecule has 1 aromatic heterocycles. The van der Waals surface area contributed by atoms with E-state index in [9.17, 15) is 14.4 Å². The summed E-state index contributed by atoms with van der Waals surface area (Å²) < 4.78 is 5.84. The molecule has 0 aliphatic heterocycles. The van der Waals surface area contributed by atoms with Crippen LogP contribution in [0.15, 0.2) is 36.4 Å². The summed E-state index contributed by atoms with van der Waals surface area (Å²) in [5, 5.41) is 12.1. The Morgan fingerprint density at radius 2 is 2.00 bits per heavy atom. The number of amides is 1. The van der Waals surface area contributed by atoms with Gasteiger partial charge in [0.15, 0.2) is 0 Å². The van der Waals surface area contributed by atoms with Crippen LogP contribution in [-0.2, 0) is 14.3 Å². The lowest BCUT2D eigenvalue weighted by Gasteiger charge is -2.04. The van der Waals surface area contributed by atoms with Gasteiger partial charge in [-0.25, -0.2) is 9.59 Å². The van der Waals surface area contributed by atoms with Crippen LogP contribution in [0.3, 0.4) is 0 Å². The summed E-state index contributed by atoms with van der Waals surface area (Å²) in [6.07, 6.45) is 1.62. The van der Waals surface area contributed by atoms with Crippen LogP contribution in [-0.4, -0.2) is 29.6 Å². The lowest BCUT2D eigenvalue weighted by Crippen LogP contribution is -2.12. The van der Waals surface area contributed by atoms with Gasteiger partial charge in [-0.15, -0.1) is 11.3 Å². The number of hydrogen-bond donors (Lipinski definition) is 2. The fourth-order valence-corrected chi connectivity index (χ4v) is 2.93. The lowest BCUT2D eigenvalue weighted by atomic mass is 10.1. The first kappa shape index (κ1) is 15.7. The second-order valence-electron chi connectivity index (χ2n) is 4.18. The molecular formula is C15H13NO5S. The first-order valence-corrected chi connectivity index (χ1v) is 7.25. The third kappa shape index (κ3) is 3.50. The molecule has 22 heavy (non-hydrogen) atoms. The molecule has 0 aliphatic rings. The van der Waals surface area contributed by atoms with Crippen LogP contribution in [0.4, 0.5) is 5.00 Å². The molecule has 0 unspecified atom stereocenters. The molecule has 2 rings (SSSR count). The maximum absolute atomic E-state index is 12.1. The van der Waals surface area contributed by atoms with Crippen LogP contribution in [0.1, 0.15) is 17.3 Å². The Hall–Kier alpha value is -2.67. The van der Waals surface area contributed by atoms with Gasteiger partial charge in [0, 0.05) is 22.2 Å². The number of carboxylic acid groups (broad SMARTS) is 1. The van der Waals surface area contributed by atoms with E-state index in [1.165, 1.54) is 11.3 Å². The highest BCUT2D eigenvalue weighted by Crippen LogP contribution is 2.36. The van der Waals surface area contributed by atoms with Crippen molar-refractivity contribution in [3.05, 3.63) is 42.0 Å². The summed E-state index contributed by atoms with van der Waals surface area (Å²) >= 11 is 1.23. The normalized spacial score (nSPS) is 10.8. The van der Waals surface area contributed by atoms with Gasteiger partial charge in [0.25, 0.3) is 0 Å². The van der Waals surface area contributed by atoms with Crippen molar-refractivity contribution in [1.82, 2.24) is 0 Å². The number of fused-ring (bicyclic) bond motifs is 1. The number of carbonyl (C=O) groups excluding carboxylic acids is 2. The van der Waals surface area contributed by atoms with E-state index in [0.717, 1.165) is 16.9 Å². The second kappa shape index (κ2) is 6.86. The minimum absolute atomic E-state index is 0.218. The number of nitrogens with one attached hydrogen (secondary N) is 1. The van der Waals surface area contributed by atoms with Crippen LogP contribution >= 0.6 is 11.3 Å². The molecule has 0 saturated heterocycles. The summed E-state index contributed by atoms with van der Waals surface area (Å²) in [5.41, 5.74) is 0.277. The molecule has 1 aromatic carbocycles. The average molecular weight is 319 g/mol. The van der Waals surface area contributed by atoms with Crippen LogP contribution in [0.5, 0.6) is 0 Å². The summed E-state index contributed by atoms with van der Waals surface area (Å²) in [7, 11) is 0. The van der Waals surface area contributed by atoms with Crippen LogP contribution in [0.25, 0.3) is 10.1 Å². The van der Waals surface area contributed by atoms with Crippen molar-refractivity contribution in [1.29, 1.82) is 0 Å². The van der Waals surface area contributed by atoms with Crippen LogP contribution < -0.4 is 5.32 Å². The molecule has 2 aromatic rings. The van der Waals surface area contributed by atoms with E-state index >= 15 is 0 Å². The molecule has 6 nitrogen and oxygen atoms in total. The zero-order valence-electron chi connectivity index (χ0n) is 11.7. The number of thiophene rings is 1. The van der Waals surface area contributed by atoms with E-state index in [4.69, 9.17) is 9.84 Å². The topological polar surface area (TPSA) is 92.7 Å². The quantitative estimate of drug-likeness (QED) is 0.653. The predicted octanol–water partition coefficient (Wildman–Crippen LogP) is 2.66. The zero-order valence-corrected chi connectivity index (χ0v) is 12.5. The van der Waals surface area contributed by atoms with E-state index in [1.807, 2.05) is 12.1 Å². The van der Waals surface area contributed by atoms with Gasteiger partial charge in [-0.3, -0.25) is 4.79 Å². The minimum Gasteiger partial charge on any atom is -0.478 e. The number of carbonyl (C=O) groups is 3. The molecule has 114 valence electrons. The highest BCUT2D eigenvalue weighted by Gasteiger charge is 2.20. The van der Waals surface area contributed by atoms with E-state index in [1.54, 1.807) is 19.1 Å². The Balaban J connectivity index is 2.40. The van der Waals surface area contributed by atoms with Gasteiger partial charge in [0.1, 0.15) is 10.6 Å². The Morgan fingerprint density at radius 1 is 1.27 bits per heavy atom. The number of rotatable bonds is 5. The Labute approximate surface area is 130 Å². The fourth-order valence-electron chi connectivity index (χ4n) is 1.84. The molecule has 0 atom stereocenters. The van der Waals surface area contributed by atoms with E-state index in [2.05, 4.69) is 5.32 Å². The maximum atomic E-state index is 12.1. The van der Waals surface area contributed by atoms with Crippen LogP contribution in [0.2, 0.25) is 0 Å². The number of benzene rings is 1. The van der Waals surface area contributed by atoms with Crippen molar-refractivity contribution in [2.45, 2.75) is 6.92 Å². The number of aliphatic carboxylic acids is 1. The van der Waals surface area contributed by atoms with E-state index in [0.29, 0.717) is 10.4 Å². The smallest absolute Gasteiger partial charge is 0.341 e. The first-order valence-electron chi connectivity index (χ1n) is 6.43. The lowest BCUT2D eigenvalue weighted by molar-refractivity contribution is -0.131. The largest absolute Gasteiger partial charge is 0.478 e. The molecule has 0 saturated carbocycles. The standard InChI is InChI=1S/C15H13NO5S/c1-2-21-15(20)13-9-5-3-4-6-10(9)22-14(13)16-11(17)7-8-12(18)19/h3-8H,2H2,1H3,(H,16,17)(H,18,19)/b8-7+. The van der Waals surface area contributed by atoms with Gasteiger partial charge < -0.3 is 15.2 Å². The Bertz CT molecular complexity index is 762. The van der Waals surface area contributed by atoms with Crippen molar-refractivity contribution >= 4 is 44.3 Å². The molecule has 7 heteroatoms. The molecular weight excluding hydrogens is 306 g/mol. The molecule has 0 spiro atoms. The van der Waals surface area contributed by atoms with Crippen molar-refractivity contribution in [2.75, 3.05) is 11.9 Å². The summed E-state index contributed by atoms with van der Waals surface area (Å²) in [5.74, 6) is -2.38. The van der Waals surface area contributed by atoms with Crippen molar-refractivity contribution in [3.8, 4) is 0 Å². The number of anilines is 1. The first-order chi connectivity index (χ1) is 10.5. The third-order valence-corrected chi connectivity index (χ3v) is 3.78. The number of hydrogen-bond acceptors (Lipinski definition) is 5. The summed E-state index contributed by atoms with van der Waals surface area (Å²) in [6, 6.07) is 7.20. The summed E-state index contributed by atoms with van der Waals surface area (Å²) in [6.45, 7) is 1.91. The second-order valence-corrected chi connectivity index (χ2v) is 5.24. The van der Waals surface area contributed by atoms with Crippen molar-refractivity contribution < 1.29 is 24.2 Å². The predicted molar refractivity (Wildman–Crippen MR) is 83.2 cm³/mol. The molecule has 2 N–H and O–H groups in total. The van der Waals surface area contributed by atoms with Gasteiger partial charge in [0.05, 0.1) is 6.61 Å². The Kier molecular flexibility index (Phi) is 4.90. The monoisotopic (exact) mass is 319 g/mol. The van der Waals surface area contributed by atoms with Gasteiger partial charge in [-0.05, 0) is 13.0 Å². The summed E-state index contributed by atoms with van der Waals surface area (Å²) in [4.78, 5) is 34.2. The highest BCUT2D eigenvalue weighted by molar-refractivity contribution is 7.23. The third-order valence-electron chi connectivity index (χ3n) is 2.69. The van der Waals surface area contributed by atoms with Gasteiger partial charge in [-0.1, -0.05) is 18.2 Å². The number of esters is 1. The fraction of sp³-hybridized carbons (Fsp3) is 0.133. The van der Waals surface area contributed by atoms with E-state index in [-0.39, 0.29) is 12.2 Å². The molecule has 0 radical (unpaired) electrons. The van der Waals surface area contributed by atoms with Gasteiger partial charge >= 0.3 is 11.9 Å². The number of carboxylic acids is 1. The van der Waals surface area contributed by atoms with Crippen molar-refractivity contribution in [2.24, 2.45) is 0 Å². The van der Waals surface area contributed by atoms with Crippen LogP contribution in [0, 0.1) is 0 Å². The highest BCUT2D eigenvalue weighted by atomic mass is 32.1. The SMILES string of the molecule is CCOC(=O)c1c(NC(=O)/C=C/C(=O)O)sc2ccccc12. The van der Waals surface area contributed by atoms with Gasteiger partial charge in [0.2, 0.25) is 5.91 Å². The maximum Gasteiger partial charge on any atom is 0.341 e.